The maximum atomic E-state index is 13.7. The average molecular weight is 380 g/mol. The second-order valence-corrected chi connectivity index (χ2v) is 9.02. The highest BCUT2D eigenvalue weighted by molar-refractivity contribution is 7.12. The number of nitrogens with zero attached hydrogens (tertiary/aromatic N) is 3. The molecule has 0 radical (unpaired) electrons. The number of rotatable bonds is 3. The van der Waals surface area contributed by atoms with Crippen molar-refractivity contribution in [2.75, 3.05) is 26.2 Å². The Labute approximate surface area is 155 Å². The third-order valence-corrected chi connectivity index (χ3v) is 7.06. The molecule has 2 atom stereocenters. The molecule has 2 aliphatic heterocycles. The number of halogens is 1. The van der Waals surface area contributed by atoms with Gasteiger partial charge in [0.25, 0.3) is 5.91 Å². The fraction of sp³-hybridized carbons (Fsp3) is 0.556. The summed E-state index contributed by atoms with van der Waals surface area (Å²) in [6, 6.07) is 1.38. The molecule has 4 rings (SSSR count). The Morgan fingerprint density at radius 3 is 2.56 bits per heavy atom. The average Bonchev–Trinajstić information content (AvgIpc) is 3.27. The SMILES string of the molecule is Cc1nc(CN2CC[C@@H]3CN(C(=O)c4sccc4F)C[C@@H]3CC2)cs1. The Morgan fingerprint density at radius 1 is 1.28 bits per heavy atom. The van der Waals surface area contributed by atoms with Crippen LogP contribution in [0.2, 0.25) is 0 Å². The Bertz CT molecular complexity index is 743. The van der Waals surface area contributed by atoms with E-state index in [0.29, 0.717) is 11.8 Å². The molecule has 0 N–H and O–H groups in total. The van der Waals surface area contributed by atoms with Gasteiger partial charge >= 0.3 is 0 Å². The first-order valence-corrected chi connectivity index (χ1v) is 10.5. The standard InChI is InChI=1S/C18H22FN3OS2/c1-12-20-15(11-25-12)10-21-5-2-13-8-22(9-14(13)3-6-21)18(23)17-16(19)4-7-24-17/h4,7,11,13-14H,2-3,5-6,8-10H2,1H3/t13-,14+. The lowest BCUT2D eigenvalue weighted by Gasteiger charge is -2.21. The summed E-state index contributed by atoms with van der Waals surface area (Å²) in [5, 5.41) is 4.92. The molecule has 0 aromatic carbocycles. The van der Waals surface area contributed by atoms with Crippen molar-refractivity contribution in [2.24, 2.45) is 11.8 Å². The molecule has 0 saturated carbocycles. The smallest absolute Gasteiger partial charge is 0.266 e. The van der Waals surface area contributed by atoms with Crippen LogP contribution in [-0.2, 0) is 6.54 Å². The summed E-state index contributed by atoms with van der Waals surface area (Å²) in [6.45, 7) is 6.60. The fourth-order valence-corrected chi connectivity index (χ4v) is 5.36. The van der Waals surface area contributed by atoms with E-state index in [1.54, 1.807) is 16.7 Å². The molecule has 0 aliphatic carbocycles. The van der Waals surface area contributed by atoms with Crippen LogP contribution in [0.5, 0.6) is 0 Å². The van der Waals surface area contributed by atoms with E-state index >= 15 is 0 Å². The van der Waals surface area contributed by atoms with Crippen molar-refractivity contribution < 1.29 is 9.18 Å². The topological polar surface area (TPSA) is 36.4 Å². The molecule has 2 aromatic heterocycles. The number of hydrogen-bond acceptors (Lipinski definition) is 5. The lowest BCUT2D eigenvalue weighted by atomic mass is 9.92. The largest absolute Gasteiger partial charge is 0.337 e. The molecular weight excluding hydrogens is 357 g/mol. The summed E-state index contributed by atoms with van der Waals surface area (Å²) in [5.41, 5.74) is 1.17. The van der Waals surface area contributed by atoms with Crippen LogP contribution in [0.15, 0.2) is 16.8 Å². The van der Waals surface area contributed by atoms with Crippen molar-refractivity contribution in [2.45, 2.75) is 26.3 Å². The molecular formula is C18H22FN3OS2. The van der Waals surface area contributed by atoms with Crippen LogP contribution in [0.1, 0.15) is 33.2 Å². The van der Waals surface area contributed by atoms with Gasteiger partial charge in [-0.2, -0.15) is 0 Å². The third kappa shape index (κ3) is 3.64. The molecule has 134 valence electrons. The zero-order chi connectivity index (χ0) is 17.4. The van der Waals surface area contributed by atoms with Crippen LogP contribution in [0.25, 0.3) is 0 Å². The van der Waals surface area contributed by atoms with Gasteiger partial charge in [0.15, 0.2) is 0 Å². The van der Waals surface area contributed by atoms with E-state index < -0.39 is 0 Å². The van der Waals surface area contributed by atoms with Crippen molar-refractivity contribution in [1.29, 1.82) is 0 Å². The number of aromatic nitrogens is 1. The molecule has 2 aliphatic rings. The van der Waals surface area contributed by atoms with E-state index in [0.717, 1.165) is 50.6 Å². The molecule has 0 spiro atoms. The van der Waals surface area contributed by atoms with Crippen molar-refractivity contribution in [3.63, 3.8) is 0 Å². The van der Waals surface area contributed by atoms with Gasteiger partial charge in [-0.05, 0) is 56.1 Å². The first-order chi connectivity index (χ1) is 12.1. The highest BCUT2D eigenvalue weighted by Crippen LogP contribution is 2.33. The fourth-order valence-electron chi connectivity index (χ4n) is 4.03. The van der Waals surface area contributed by atoms with Crippen LogP contribution in [0.3, 0.4) is 0 Å². The number of thiophene rings is 1. The van der Waals surface area contributed by atoms with Gasteiger partial charge in [-0.25, -0.2) is 9.37 Å². The first-order valence-electron chi connectivity index (χ1n) is 8.76. The lowest BCUT2D eigenvalue weighted by molar-refractivity contribution is 0.0780. The predicted molar refractivity (Wildman–Crippen MR) is 98.5 cm³/mol. The minimum Gasteiger partial charge on any atom is -0.337 e. The molecule has 2 fully saturated rings. The summed E-state index contributed by atoms with van der Waals surface area (Å²) >= 11 is 2.91. The van der Waals surface area contributed by atoms with E-state index in [9.17, 15) is 9.18 Å². The van der Waals surface area contributed by atoms with E-state index in [4.69, 9.17) is 0 Å². The molecule has 1 amide bonds. The maximum Gasteiger partial charge on any atom is 0.266 e. The number of thiazole rings is 1. The molecule has 25 heavy (non-hydrogen) atoms. The predicted octanol–water partition coefficient (Wildman–Crippen LogP) is 3.64. The highest BCUT2D eigenvalue weighted by atomic mass is 32.1. The summed E-state index contributed by atoms with van der Waals surface area (Å²) in [5.74, 6) is 0.561. The summed E-state index contributed by atoms with van der Waals surface area (Å²) in [6.07, 6.45) is 2.20. The van der Waals surface area contributed by atoms with Gasteiger partial charge in [-0.15, -0.1) is 22.7 Å². The Hall–Kier alpha value is -1.31. The first kappa shape index (κ1) is 17.1. The summed E-state index contributed by atoms with van der Waals surface area (Å²) < 4.78 is 13.7. The lowest BCUT2D eigenvalue weighted by Crippen LogP contribution is -2.31. The Kier molecular flexibility index (Phi) is 4.88. The normalized spacial score (nSPS) is 24.3. The van der Waals surface area contributed by atoms with E-state index in [2.05, 4.69) is 15.3 Å². The van der Waals surface area contributed by atoms with E-state index in [1.165, 1.54) is 23.1 Å². The summed E-state index contributed by atoms with van der Waals surface area (Å²) in [4.78, 5) is 21.7. The van der Waals surface area contributed by atoms with Gasteiger partial charge in [0.05, 0.1) is 10.7 Å². The van der Waals surface area contributed by atoms with Crippen molar-refractivity contribution in [1.82, 2.24) is 14.8 Å². The Balaban J connectivity index is 1.35. The minimum absolute atomic E-state index is 0.129. The monoisotopic (exact) mass is 379 g/mol. The van der Waals surface area contributed by atoms with Gasteiger partial charge < -0.3 is 4.90 Å². The van der Waals surface area contributed by atoms with E-state index in [1.807, 2.05) is 11.8 Å². The number of aryl methyl sites for hydroxylation is 1. The molecule has 4 nitrogen and oxygen atoms in total. The van der Waals surface area contributed by atoms with Crippen LogP contribution in [0, 0.1) is 24.6 Å². The van der Waals surface area contributed by atoms with Crippen molar-refractivity contribution in [3.05, 3.63) is 38.2 Å². The summed E-state index contributed by atoms with van der Waals surface area (Å²) in [7, 11) is 0. The van der Waals surface area contributed by atoms with Crippen molar-refractivity contribution >= 4 is 28.6 Å². The van der Waals surface area contributed by atoms with Crippen LogP contribution < -0.4 is 0 Å². The van der Waals surface area contributed by atoms with Gasteiger partial charge in [0.2, 0.25) is 0 Å². The zero-order valence-electron chi connectivity index (χ0n) is 14.3. The highest BCUT2D eigenvalue weighted by Gasteiger charge is 2.37. The third-order valence-electron chi connectivity index (χ3n) is 5.36. The number of likely N-dealkylation sites (tertiary alicyclic amines) is 2. The molecule has 0 unspecified atom stereocenters. The molecule has 4 heterocycles. The number of carbonyl (C=O) groups is 1. The van der Waals surface area contributed by atoms with Gasteiger partial charge in [0, 0.05) is 25.0 Å². The quantitative estimate of drug-likeness (QED) is 0.817. The molecule has 7 heteroatoms. The molecule has 0 bridgehead atoms. The minimum atomic E-state index is -0.383. The molecule has 2 aromatic rings. The van der Waals surface area contributed by atoms with Crippen LogP contribution >= 0.6 is 22.7 Å². The second-order valence-electron chi connectivity index (χ2n) is 7.04. The van der Waals surface area contributed by atoms with Gasteiger partial charge in [-0.3, -0.25) is 9.69 Å². The number of hydrogen-bond donors (Lipinski definition) is 0. The second kappa shape index (κ2) is 7.13. The van der Waals surface area contributed by atoms with Gasteiger partial charge in [0.1, 0.15) is 10.7 Å². The molecule has 2 saturated heterocycles. The van der Waals surface area contributed by atoms with Crippen molar-refractivity contribution in [3.8, 4) is 0 Å². The number of amides is 1. The van der Waals surface area contributed by atoms with E-state index in [-0.39, 0.29) is 16.6 Å². The van der Waals surface area contributed by atoms with Crippen LogP contribution in [0.4, 0.5) is 4.39 Å². The maximum absolute atomic E-state index is 13.7. The zero-order valence-corrected chi connectivity index (χ0v) is 15.9. The van der Waals surface area contributed by atoms with Gasteiger partial charge in [-0.1, -0.05) is 0 Å². The Morgan fingerprint density at radius 2 is 2.00 bits per heavy atom. The number of carbonyl (C=O) groups excluding carboxylic acids is 1. The number of fused-ring (bicyclic) bond motifs is 1. The van der Waals surface area contributed by atoms with Crippen LogP contribution in [-0.4, -0.2) is 46.9 Å².